The normalized spacial score (nSPS) is 15.1. The van der Waals surface area contributed by atoms with E-state index in [4.69, 9.17) is 27.9 Å². The number of ether oxygens (including phenoxy) is 1. The molecule has 1 saturated carbocycles. The maximum atomic E-state index is 13.2. The third kappa shape index (κ3) is 7.12. The van der Waals surface area contributed by atoms with E-state index in [1.807, 2.05) is 12.1 Å². The van der Waals surface area contributed by atoms with Gasteiger partial charge in [0.15, 0.2) is 6.61 Å². The number of hydrogen-bond acceptors (Lipinski definition) is 3. The Balaban J connectivity index is 1.72. The van der Waals surface area contributed by atoms with E-state index in [9.17, 15) is 9.59 Å². The molecule has 2 amide bonds. The molecule has 0 heterocycles. The standard InChI is InChI=1S/C24H27BrCl2N2O3/c1-16(24(31)28-20-8-3-2-4-9-20)29(14-17-6-5-7-19(26)12-17)23(30)15-32-22-11-10-18(25)13-21(22)27/h5-7,10-13,16,20H,2-4,8-9,14-15H2,1H3,(H,28,31)/t16-/m1/s1. The highest BCUT2D eigenvalue weighted by molar-refractivity contribution is 9.10. The van der Waals surface area contributed by atoms with Gasteiger partial charge in [0.2, 0.25) is 5.91 Å². The molecule has 1 N–H and O–H groups in total. The SMILES string of the molecule is C[C@H](C(=O)NC1CCCCC1)N(Cc1cccc(Cl)c1)C(=O)COc1ccc(Br)cc1Cl. The van der Waals surface area contributed by atoms with Gasteiger partial charge < -0.3 is 15.0 Å². The van der Waals surface area contributed by atoms with Crippen molar-refractivity contribution in [1.29, 1.82) is 0 Å². The maximum Gasteiger partial charge on any atom is 0.261 e. The topological polar surface area (TPSA) is 58.6 Å². The quantitative estimate of drug-likeness (QED) is 0.445. The van der Waals surface area contributed by atoms with Crippen LogP contribution in [0.1, 0.15) is 44.6 Å². The lowest BCUT2D eigenvalue weighted by Gasteiger charge is -2.31. The number of halogens is 3. The Morgan fingerprint density at radius 2 is 1.91 bits per heavy atom. The number of benzene rings is 2. The van der Waals surface area contributed by atoms with Crippen LogP contribution in [0.3, 0.4) is 0 Å². The second-order valence-corrected chi connectivity index (χ2v) is 9.79. The molecule has 0 radical (unpaired) electrons. The van der Waals surface area contributed by atoms with Gasteiger partial charge in [0.05, 0.1) is 5.02 Å². The monoisotopic (exact) mass is 540 g/mol. The Labute approximate surface area is 207 Å². The van der Waals surface area contributed by atoms with Crippen molar-refractivity contribution < 1.29 is 14.3 Å². The van der Waals surface area contributed by atoms with Gasteiger partial charge in [0.1, 0.15) is 11.8 Å². The first-order chi connectivity index (χ1) is 15.3. The summed E-state index contributed by atoms with van der Waals surface area (Å²) in [5.74, 6) is -0.0607. The number of carbonyl (C=O) groups excluding carboxylic acids is 2. The van der Waals surface area contributed by atoms with Crippen molar-refractivity contribution in [3.63, 3.8) is 0 Å². The Bertz CT molecular complexity index is 951. The molecular formula is C24H27BrCl2N2O3. The van der Waals surface area contributed by atoms with Crippen LogP contribution in [0.4, 0.5) is 0 Å². The summed E-state index contributed by atoms with van der Waals surface area (Å²) in [5.41, 5.74) is 0.838. The molecule has 1 aliphatic rings. The van der Waals surface area contributed by atoms with Gasteiger partial charge in [-0.3, -0.25) is 9.59 Å². The van der Waals surface area contributed by atoms with Gasteiger partial charge in [-0.05, 0) is 55.7 Å². The Morgan fingerprint density at radius 3 is 2.59 bits per heavy atom. The molecule has 1 fully saturated rings. The zero-order valence-corrected chi connectivity index (χ0v) is 21.0. The molecule has 3 rings (SSSR count). The van der Waals surface area contributed by atoms with Crippen LogP contribution in [-0.2, 0) is 16.1 Å². The average molecular weight is 542 g/mol. The number of nitrogens with zero attached hydrogens (tertiary/aromatic N) is 1. The largest absolute Gasteiger partial charge is 0.482 e. The van der Waals surface area contributed by atoms with Crippen LogP contribution in [0.2, 0.25) is 10.0 Å². The predicted molar refractivity (Wildman–Crippen MR) is 131 cm³/mol. The zero-order chi connectivity index (χ0) is 23.1. The van der Waals surface area contributed by atoms with Crippen LogP contribution in [0, 0.1) is 0 Å². The Morgan fingerprint density at radius 1 is 1.16 bits per heavy atom. The van der Waals surface area contributed by atoms with Gasteiger partial charge in [-0.2, -0.15) is 0 Å². The highest BCUT2D eigenvalue weighted by Gasteiger charge is 2.28. The number of hydrogen-bond donors (Lipinski definition) is 1. The summed E-state index contributed by atoms with van der Waals surface area (Å²) in [5, 5.41) is 4.09. The molecule has 0 aliphatic heterocycles. The van der Waals surface area contributed by atoms with Crippen LogP contribution >= 0.6 is 39.1 Å². The van der Waals surface area contributed by atoms with Gasteiger partial charge in [0.25, 0.3) is 5.91 Å². The van der Waals surface area contributed by atoms with Gasteiger partial charge in [-0.1, -0.05) is 70.5 Å². The minimum atomic E-state index is -0.660. The summed E-state index contributed by atoms with van der Waals surface area (Å²) < 4.78 is 6.49. The molecule has 172 valence electrons. The van der Waals surface area contributed by atoms with Gasteiger partial charge >= 0.3 is 0 Å². The van der Waals surface area contributed by atoms with E-state index >= 15 is 0 Å². The molecule has 1 atom stereocenters. The van der Waals surface area contributed by atoms with Gasteiger partial charge in [0, 0.05) is 22.1 Å². The first kappa shape index (κ1) is 24.9. The van der Waals surface area contributed by atoms with Crippen molar-refractivity contribution >= 4 is 50.9 Å². The molecule has 8 heteroatoms. The van der Waals surface area contributed by atoms with Crippen LogP contribution in [0.15, 0.2) is 46.9 Å². The Kier molecular flexibility index (Phi) is 9.26. The molecule has 1 aliphatic carbocycles. The molecule has 5 nitrogen and oxygen atoms in total. The molecule has 0 spiro atoms. The number of carbonyl (C=O) groups is 2. The lowest BCUT2D eigenvalue weighted by Crippen LogP contribution is -2.51. The molecule has 0 saturated heterocycles. The summed E-state index contributed by atoms with van der Waals surface area (Å²) in [7, 11) is 0. The second kappa shape index (κ2) is 11.9. The minimum Gasteiger partial charge on any atom is -0.482 e. The van der Waals surface area contributed by atoms with E-state index in [0.717, 1.165) is 35.7 Å². The summed E-state index contributed by atoms with van der Waals surface area (Å²) in [6, 6.07) is 12.0. The highest BCUT2D eigenvalue weighted by Crippen LogP contribution is 2.28. The van der Waals surface area contributed by atoms with Crippen LogP contribution in [-0.4, -0.2) is 35.4 Å². The van der Waals surface area contributed by atoms with Crippen molar-refractivity contribution in [1.82, 2.24) is 10.2 Å². The van der Waals surface area contributed by atoms with E-state index in [2.05, 4.69) is 21.2 Å². The number of nitrogens with one attached hydrogen (secondary N) is 1. The second-order valence-electron chi connectivity index (χ2n) is 8.03. The summed E-state index contributed by atoms with van der Waals surface area (Å²) in [4.78, 5) is 27.7. The third-order valence-corrected chi connectivity index (χ3v) is 6.63. The van der Waals surface area contributed by atoms with Crippen molar-refractivity contribution in [3.05, 3.63) is 62.5 Å². The first-order valence-corrected chi connectivity index (χ1v) is 12.3. The van der Waals surface area contributed by atoms with E-state index in [1.165, 1.54) is 11.3 Å². The fourth-order valence-electron chi connectivity index (χ4n) is 3.80. The van der Waals surface area contributed by atoms with Crippen molar-refractivity contribution in [2.45, 2.75) is 57.7 Å². The van der Waals surface area contributed by atoms with E-state index in [0.29, 0.717) is 15.8 Å². The maximum absolute atomic E-state index is 13.2. The average Bonchev–Trinajstić information content (AvgIpc) is 2.77. The van der Waals surface area contributed by atoms with Gasteiger partial charge in [-0.15, -0.1) is 0 Å². The Hall–Kier alpha value is -1.76. The molecule has 2 aromatic rings. The van der Waals surface area contributed by atoms with Crippen LogP contribution < -0.4 is 10.1 Å². The van der Waals surface area contributed by atoms with Gasteiger partial charge in [-0.25, -0.2) is 0 Å². The first-order valence-electron chi connectivity index (χ1n) is 10.8. The van der Waals surface area contributed by atoms with E-state index in [1.54, 1.807) is 37.3 Å². The molecule has 32 heavy (non-hydrogen) atoms. The number of rotatable bonds is 8. The van der Waals surface area contributed by atoms with E-state index in [-0.39, 0.29) is 31.0 Å². The van der Waals surface area contributed by atoms with Crippen molar-refractivity contribution in [3.8, 4) is 5.75 Å². The zero-order valence-electron chi connectivity index (χ0n) is 18.0. The van der Waals surface area contributed by atoms with Crippen LogP contribution in [0.25, 0.3) is 0 Å². The highest BCUT2D eigenvalue weighted by atomic mass is 79.9. The van der Waals surface area contributed by atoms with Crippen molar-refractivity contribution in [2.24, 2.45) is 0 Å². The summed E-state index contributed by atoms with van der Waals surface area (Å²) in [6.07, 6.45) is 5.40. The predicted octanol–water partition coefficient (Wildman–Crippen LogP) is 6.00. The lowest BCUT2D eigenvalue weighted by atomic mass is 9.95. The molecular weight excluding hydrogens is 515 g/mol. The summed E-state index contributed by atoms with van der Waals surface area (Å²) >= 11 is 15.7. The molecule has 0 aromatic heterocycles. The fraction of sp³-hybridized carbons (Fsp3) is 0.417. The van der Waals surface area contributed by atoms with E-state index < -0.39 is 6.04 Å². The lowest BCUT2D eigenvalue weighted by molar-refractivity contribution is -0.142. The molecule has 0 bridgehead atoms. The smallest absolute Gasteiger partial charge is 0.261 e. The van der Waals surface area contributed by atoms with Crippen molar-refractivity contribution in [2.75, 3.05) is 6.61 Å². The molecule has 0 unspecified atom stereocenters. The summed E-state index contributed by atoms with van der Waals surface area (Å²) in [6.45, 7) is 1.76. The van der Waals surface area contributed by atoms with Crippen LogP contribution in [0.5, 0.6) is 5.75 Å². The third-order valence-electron chi connectivity index (χ3n) is 5.61. The minimum absolute atomic E-state index is 0.158. The fourth-order valence-corrected chi connectivity index (χ4v) is 4.74. The molecule has 2 aromatic carbocycles. The number of amides is 2.